The van der Waals surface area contributed by atoms with Crippen LogP contribution in [0.1, 0.15) is 44.9 Å². The second-order valence-electron chi connectivity index (χ2n) is 6.52. The summed E-state index contributed by atoms with van der Waals surface area (Å²) in [7, 11) is 2.28. The van der Waals surface area contributed by atoms with E-state index in [9.17, 15) is 0 Å². The molecule has 1 saturated heterocycles. The fourth-order valence-electron chi connectivity index (χ4n) is 3.68. The molecular formula is C15H30N2O. The Bertz CT molecular complexity index is 233. The van der Waals surface area contributed by atoms with E-state index in [0.717, 1.165) is 45.1 Å². The number of rotatable bonds is 5. The molecule has 2 rings (SSSR count). The van der Waals surface area contributed by atoms with Crippen LogP contribution in [-0.4, -0.2) is 44.8 Å². The van der Waals surface area contributed by atoms with Crippen molar-refractivity contribution >= 4 is 0 Å². The van der Waals surface area contributed by atoms with Crippen molar-refractivity contribution in [2.45, 2.75) is 44.9 Å². The van der Waals surface area contributed by atoms with Crippen molar-refractivity contribution in [3.63, 3.8) is 0 Å². The Morgan fingerprint density at radius 2 is 1.83 bits per heavy atom. The zero-order chi connectivity index (χ0) is 12.8. The topological polar surface area (TPSA) is 38.5 Å². The van der Waals surface area contributed by atoms with Gasteiger partial charge in [-0.05, 0) is 50.6 Å². The van der Waals surface area contributed by atoms with Gasteiger partial charge in [0.25, 0.3) is 0 Å². The monoisotopic (exact) mass is 254 g/mol. The molecule has 2 aliphatic rings. The van der Waals surface area contributed by atoms with Crippen molar-refractivity contribution in [1.29, 1.82) is 0 Å². The van der Waals surface area contributed by atoms with Gasteiger partial charge >= 0.3 is 0 Å². The minimum Gasteiger partial charge on any atom is -0.381 e. The van der Waals surface area contributed by atoms with Gasteiger partial charge in [0.1, 0.15) is 0 Å². The van der Waals surface area contributed by atoms with E-state index < -0.39 is 0 Å². The van der Waals surface area contributed by atoms with Crippen molar-refractivity contribution in [2.75, 3.05) is 39.9 Å². The zero-order valence-electron chi connectivity index (χ0n) is 12.0. The Labute approximate surface area is 112 Å². The molecule has 3 heteroatoms. The molecular weight excluding hydrogens is 224 g/mol. The van der Waals surface area contributed by atoms with Gasteiger partial charge in [0, 0.05) is 26.3 Å². The quantitative estimate of drug-likeness (QED) is 0.818. The third-order valence-electron chi connectivity index (χ3n) is 4.89. The summed E-state index contributed by atoms with van der Waals surface area (Å²) in [6, 6.07) is 0. The van der Waals surface area contributed by atoms with Crippen LogP contribution in [0, 0.1) is 11.3 Å². The van der Waals surface area contributed by atoms with Crippen LogP contribution in [0.2, 0.25) is 0 Å². The molecule has 0 bridgehead atoms. The van der Waals surface area contributed by atoms with Crippen molar-refractivity contribution in [1.82, 2.24) is 4.90 Å². The highest BCUT2D eigenvalue weighted by atomic mass is 16.5. The van der Waals surface area contributed by atoms with Gasteiger partial charge in [0.15, 0.2) is 0 Å². The summed E-state index contributed by atoms with van der Waals surface area (Å²) in [6.07, 6.45) is 9.47. The average molecular weight is 254 g/mol. The maximum atomic E-state index is 6.04. The normalized spacial score (nSPS) is 25.5. The van der Waals surface area contributed by atoms with Crippen LogP contribution in [0.4, 0.5) is 0 Å². The average Bonchev–Trinajstić information content (AvgIpc) is 2.41. The molecule has 0 spiro atoms. The zero-order valence-corrected chi connectivity index (χ0v) is 12.0. The van der Waals surface area contributed by atoms with E-state index in [1.165, 1.54) is 38.6 Å². The lowest BCUT2D eigenvalue weighted by Gasteiger charge is -2.40. The maximum absolute atomic E-state index is 6.04. The standard InChI is InChI=1S/C15H30N2O/c1-17(11-14-5-3-2-4-6-14)13-15(12-16)7-9-18-10-8-15/h14H,2-13,16H2,1H3. The molecule has 2 N–H and O–H groups in total. The molecule has 3 nitrogen and oxygen atoms in total. The molecule has 0 aromatic carbocycles. The third-order valence-corrected chi connectivity index (χ3v) is 4.89. The summed E-state index contributed by atoms with van der Waals surface area (Å²) < 4.78 is 5.48. The van der Waals surface area contributed by atoms with E-state index in [-0.39, 0.29) is 0 Å². The van der Waals surface area contributed by atoms with E-state index in [1.807, 2.05) is 0 Å². The Morgan fingerprint density at radius 3 is 2.44 bits per heavy atom. The minimum absolute atomic E-state index is 0.321. The molecule has 2 fully saturated rings. The first-order chi connectivity index (χ1) is 8.74. The minimum atomic E-state index is 0.321. The molecule has 0 aromatic rings. The van der Waals surface area contributed by atoms with Gasteiger partial charge in [0.05, 0.1) is 0 Å². The van der Waals surface area contributed by atoms with Crippen LogP contribution in [0.25, 0.3) is 0 Å². The van der Waals surface area contributed by atoms with Gasteiger partial charge in [-0.15, -0.1) is 0 Å². The Hall–Kier alpha value is -0.120. The molecule has 1 aliphatic carbocycles. The van der Waals surface area contributed by atoms with Crippen molar-refractivity contribution < 1.29 is 4.74 Å². The summed E-state index contributed by atoms with van der Waals surface area (Å²) in [5.41, 5.74) is 6.36. The largest absolute Gasteiger partial charge is 0.381 e. The molecule has 0 aromatic heterocycles. The SMILES string of the molecule is CN(CC1CCCCC1)CC1(CN)CCOCC1. The predicted molar refractivity (Wildman–Crippen MR) is 75.6 cm³/mol. The van der Waals surface area contributed by atoms with Gasteiger partial charge in [-0.25, -0.2) is 0 Å². The third kappa shape index (κ3) is 3.94. The van der Waals surface area contributed by atoms with Crippen molar-refractivity contribution in [2.24, 2.45) is 17.1 Å². The van der Waals surface area contributed by atoms with E-state index in [4.69, 9.17) is 10.5 Å². The Morgan fingerprint density at radius 1 is 1.17 bits per heavy atom. The van der Waals surface area contributed by atoms with Gasteiger partial charge in [-0.2, -0.15) is 0 Å². The highest BCUT2D eigenvalue weighted by Gasteiger charge is 2.32. The van der Waals surface area contributed by atoms with Crippen LogP contribution >= 0.6 is 0 Å². The van der Waals surface area contributed by atoms with Crippen molar-refractivity contribution in [3.8, 4) is 0 Å². The molecule has 0 amide bonds. The second kappa shape index (κ2) is 6.88. The predicted octanol–water partition coefficient (Wildman–Crippen LogP) is 2.25. The summed E-state index contributed by atoms with van der Waals surface area (Å²) in [4.78, 5) is 2.54. The number of nitrogens with zero attached hydrogens (tertiary/aromatic N) is 1. The lowest BCUT2D eigenvalue weighted by atomic mass is 9.79. The highest BCUT2D eigenvalue weighted by molar-refractivity contribution is 4.86. The summed E-state index contributed by atoms with van der Waals surface area (Å²) in [6.45, 7) is 5.03. The molecule has 1 saturated carbocycles. The number of ether oxygens (including phenoxy) is 1. The summed E-state index contributed by atoms with van der Waals surface area (Å²) in [5, 5.41) is 0. The molecule has 18 heavy (non-hydrogen) atoms. The fourth-order valence-corrected chi connectivity index (χ4v) is 3.68. The van der Waals surface area contributed by atoms with Gasteiger partial charge < -0.3 is 15.4 Å². The van der Waals surface area contributed by atoms with Crippen LogP contribution in [-0.2, 0) is 4.74 Å². The summed E-state index contributed by atoms with van der Waals surface area (Å²) in [5.74, 6) is 0.929. The molecule has 1 aliphatic heterocycles. The second-order valence-corrected chi connectivity index (χ2v) is 6.52. The van der Waals surface area contributed by atoms with E-state index in [0.29, 0.717) is 5.41 Å². The first-order valence-electron chi connectivity index (χ1n) is 7.70. The first-order valence-corrected chi connectivity index (χ1v) is 7.70. The number of nitrogens with two attached hydrogens (primary N) is 1. The maximum Gasteiger partial charge on any atom is 0.0472 e. The summed E-state index contributed by atoms with van der Waals surface area (Å²) >= 11 is 0. The van der Waals surface area contributed by atoms with E-state index in [1.54, 1.807) is 0 Å². The lowest BCUT2D eigenvalue weighted by molar-refractivity contribution is 0.00116. The smallest absolute Gasteiger partial charge is 0.0472 e. The van der Waals surface area contributed by atoms with E-state index in [2.05, 4.69) is 11.9 Å². The Balaban J connectivity index is 1.78. The molecule has 106 valence electrons. The fraction of sp³-hybridized carbons (Fsp3) is 1.00. The molecule has 0 atom stereocenters. The highest BCUT2D eigenvalue weighted by Crippen LogP contribution is 2.31. The first kappa shape index (κ1) is 14.3. The van der Waals surface area contributed by atoms with Crippen LogP contribution in [0.15, 0.2) is 0 Å². The molecule has 0 radical (unpaired) electrons. The van der Waals surface area contributed by atoms with Gasteiger partial charge in [0.2, 0.25) is 0 Å². The lowest BCUT2D eigenvalue weighted by Crippen LogP contribution is -2.46. The van der Waals surface area contributed by atoms with Crippen molar-refractivity contribution in [3.05, 3.63) is 0 Å². The van der Waals surface area contributed by atoms with Gasteiger partial charge in [-0.1, -0.05) is 19.3 Å². The van der Waals surface area contributed by atoms with Crippen LogP contribution < -0.4 is 5.73 Å². The van der Waals surface area contributed by atoms with Crippen LogP contribution in [0.5, 0.6) is 0 Å². The van der Waals surface area contributed by atoms with Gasteiger partial charge in [-0.3, -0.25) is 0 Å². The number of hydrogen-bond acceptors (Lipinski definition) is 3. The van der Waals surface area contributed by atoms with E-state index >= 15 is 0 Å². The molecule has 0 unspecified atom stereocenters. The number of hydrogen-bond donors (Lipinski definition) is 1. The molecule has 1 heterocycles. The Kier molecular flexibility index (Phi) is 5.46. The van der Waals surface area contributed by atoms with Crippen LogP contribution in [0.3, 0.4) is 0 Å².